The Hall–Kier alpha value is -1.26. The molecule has 5 nitrogen and oxygen atoms in total. The summed E-state index contributed by atoms with van der Waals surface area (Å²) >= 11 is 0. The topological polar surface area (TPSA) is 75.4 Å². The highest BCUT2D eigenvalue weighted by molar-refractivity contribution is 5.83. The van der Waals surface area contributed by atoms with E-state index in [0.29, 0.717) is 0 Å². The molecule has 0 radical (unpaired) electrons. The van der Waals surface area contributed by atoms with Crippen LogP contribution in [0.5, 0.6) is 0 Å². The fraction of sp³-hybridized carbons (Fsp3) is 0.818. The van der Waals surface area contributed by atoms with Gasteiger partial charge in [0.2, 0.25) is 5.91 Å². The molecular formula is C11H21N3O2. The fourth-order valence-corrected chi connectivity index (χ4v) is 1.98. The second-order valence-electron chi connectivity index (χ2n) is 4.62. The van der Waals surface area contributed by atoms with Gasteiger partial charge in [-0.15, -0.1) is 0 Å². The third-order valence-electron chi connectivity index (χ3n) is 2.89. The van der Waals surface area contributed by atoms with Gasteiger partial charge in [-0.25, -0.2) is 4.79 Å². The molecule has 1 fully saturated rings. The van der Waals surface area contributed by atoms with E-state index < -0.39 is 5.91 Å². The Morgan fingerprint density at radius 1 is 1.38 bits per heavy atom. The molecule has 5 heteroatoms. The highest BCUT2D eigenvalue weighted by atomic mass is 16.2. The molecule has 3 N–H and O–H groups in total. The van der Waals surface area contributed by atoms with Gasteiger partial charge in [0.15, 0.2) is 0 Å². The van der Waals surface area contributed by atoms with E-state index >= 15 is 0 Å². The van der Waals surface area contributed by atoms with Crippen LogP contribution in [-0.2, 0) is 4.79 Å². The molecule has 0 aromatic carbocycles. The summed E-state index contributed by atoms with van der Waals surface area (Å²) in [6, 6.07) is 0.0660. The molecule has 1 rings (SSSR count). The maximum atomic E-state index is 11.9. The summed E-state index contributed by atoms with van der Waals surface area (Å²) in [5, 5.41) is 2.94. The molecule has 0 bridgehead atoms. The number of nitrogens with two attached hydrogens (primary N) is 1. The maximum Gasteiger partial charge on any atom is 0.318 e. The highest BCUT2D eigenvalue weighted by Gasteiger charge is 2.23. The summed E-state index contributed by atoms with van der Waals surface area (Å²) in [7, 11) is 0. The van der Waals surface area contributed by atoms with Crippen LogP contribution in [0.2, 0.25) is 0 Å². The standard InChI is InChI=1S/C11H21N3O2/c1-8(2)14(7-10(12)15)11(16)13-9-5-3-4-6-9/h8-9H,3-7H2,1-2H3,(H2,12,15)(H,13,16). The van der Waals surface area contributed by atoms with Crippen LogP contribution in [0.4, 0.5) is 4.79 Å². The van der Waals surface area contributed by atoms with E-state index in [2.05, 4.69) is 5.32 Å². The fourth-order valence-electron chi connectivity index (χ4n) is 1.98. The van der Waals surface area contributed by atoms with Crippen LogP contribution in [-0.4, -0.2) is 35.5 Å². The van der Waals surface area contributed by atoms with Crippen LogP contribution in [0.3, 0.4) is 0 Å². The summed E-state index contributed by atoms with van der Waals surface area (Å²) in [4.78, 5) is 24.2. The molecule has 3 amide bonds. The third kappa shape index (κ3) is 3.72. The number of hydrogen-bond acceptors (Lipinski definition) is 2. The molecule has 1 aliphatic rings. The second-order valence-corrected chi connectivity index (χ2v) is 4.62. The predicted molar refractivity (Wildman–Crippen MR) is 61.8 cm³/mol. The maximum absolute atomic E-state index is 11.9. The van der Waals surface area contributed by atoms with Crippen molar-refractivity contribution in [3.8, 4) is 0 Å². The Kier molecular flexibility index (Phi) is 4.58. The van der Waals surface area contributed by atoms with Crippen LogP contribution < -0.4 is 11.1 Å². The molecule has 0 aromatic heterocycles. The number of primary amides is 1. The quantitative estimate of drug-likeness (QED) is 0.746. The number of nitrogens with one attached hydrogen (secondary N) is 1. The second kappa shape index (κ2) is 5.72. The number of carbonyl (C=O) groups is 2. The molecule has 16 heavy (non-hydrogen) atoms. The first kappa shape index (κ1) is 12.8. The normalized spacial score (nSPS) is 16.4. The SMILES string of the molecule is CC(C)N(CC(N)=O)C(=O)NC1CCCC1. The lowest BCUT2D eigenvalue weighted by atomic mass is 10.2. The summed E-state index contributed by atoms with van der Waals surface area (Å²) in [5.41, 5.74) is 5.12. The van der Waals surface area contributed by atoms with Gasteiger partial charge in [-0.05, 0) is 26.7 Å². The molecular weight excluding hydrogens is 206 g/mol. The van der Waals surface area contributed by atoms with Crippen molar-refractivity contribution in [3.63, 3.8) is 0 Å². The molecule has 1 saturated carbocycles. The smallest absolute Gasteiger partial charge is 0.318 e. The van der Waals surface area contributed by atoms with Gasteiger partial charge in [-0.3, -0.25) is 4.79 Å². The van der Waals surface area contributed by atoms with E-state index in [4.69, 9.17) is 5.73 Å². The first-order valence-electron chi connectivity index (χ1n) is 5.86. The summed E-state index contributed by atoms with van der Waals surface area (Å²) in [5.74, 6) is -0.477. The van der Waals surface area contributed by atoms with Crippen molar-refractivity contribution in [2.75, 3.05) is 6.54 Å². The predicted octanol–water partition coefficient (Wildman–Crippen LogP) is 0.834. The van der Waals surface area contributed by atoms with Gasteiger partial charge < -0.3 is 16.0 Å². The highest BCUT2D eigenvalue weighted by Crippen LogP contribution is 2.18. The molecule has 0 aliphatic heterocycles. The molecule has 92 valence electrons. The Morgan fingerprint density at radius 2 is 1.94 bits per heavy atom. The van der Waals surface area contributed by atoms with Gasteiger partial charge >= 0.3 is 6.03 Å². The van der Waals surface area contributed by atoms with Crippen LogP contribution in [0.1, 0.15) is 39.5 Å². The number of hydrogen-bond donors (Lipinski definition) is 2. The van der Waals surface area contributed by atoms with Gasteiger partial charge in [0.1, 0.15) is 6.54 Å². The largest absolute Gasteiger partial charge is 0.368 e. The minimum Gasteiger partial charge on any atom is -0.368 e. The van der Waals surface area contributed by atoms with Crippen molar-refractivity contribution in [1.82, 2.24) is 10.2 Å². The van der Waals surface area contributed by atoms with Crippen molar-refractivity contribution in [1.29, 1.82) is 0 Å². The Bertz CT molecular complexity index is 260. The number of nitrogens with zero attached hydrogens (tertiary/aromatic N) is 1. The lowest BCUT2D eigenvalue weighted by Crippen LogP contribution is -2.50. The van der Waals surface area contributed by atoms with E-state index in [0.717, 1.165) is 12.8 Å². The van der Waals surface area contributed by atoms with Gasteiger partial charge in [0.05, 0.1) is 0 Å². The van der Waals surface area contributed by atoms with Crippen molar-refractivity contribution in [2.24, 2.45) is 5.73 Å². The molecule has 0 aromatic rings. The number of carbonyl (C=O) groups excluding carboxylic acids is 2. The van der Waals surface area contributed by atoms with E-state index in [1.807, 2.05) is 13.8 Å². The van der Waals surface area contributed by atoms with E-state index in [-0.39, 0.29) is 24.7 Å². The lowest BCUT2D eigenvalue weighted by Gasteiger charge is -2.27. The van der Waals surface area contributed by atoms with E-state index in [1.54, 1.807) is 0 Å². The number of urea groups is 1. The number of amides is 3. The summed E-state index contributed by atoms with van der Waals surface area (Å²) in [6.07, 6.45) is 4.41. The zero-order valence-electron chi connectivity index (χ0n) is 10.0. The van der Waals surface area contributed by atoms with Crippen LogP contribution in [0.25, 0.3) is 0 Å². The van der Waals surface area contributed by atoms with Crippen molar-refractivity contribution in [3.05, 3.63) is 0 Å². The molecule has 0 saturated heterocycles. The molecule has 0 unspecified atom stereocenters. The van der Waals surface area contributed by atoms with Gasteiger partial charge in [0, 0.05) is 12.1 Å². The lowest BCUT2D eigenvalue weighted by molar-refractivity contribution is -0.118. The van der Waals surface area contributed by atoms with Gasteiger partial charge in [0.25, 0.3) is 0 Å². The number of rotatable bonds is 4. The van der Waals surface area contributed by atoms with Crippen LogP contribution >= 0.6 is 0 Å². The summed E-state index contributed by atoms with van der Waals surface area (Å²) in [6.45, 7) is 3.73. The van der Waals surface area contributed by atoms with E-state index in [1.165, 1.54) is 17.7 Å². The average Bonchev–Trinajstić information content (AvgIpc) is 2.65. The molecule has 0 atom stereocenters. The van der Waals surface area contributed by atoms with E-state index in [9.17, 15) is 9.59 Å². The minimum atomic E-state index is -0.477. The van der Waals surface area contributed by atoms with Gasteiger partial charge in [-0.1, -0.05) is 12.8 Å². The monoisotopic (exact) mass is 227 g/mol. The average molecular weight is 227 g/mol. The summed E-state index contributed by atoms with van der Waals surface area (Å²) < 4.78 is 0. The van der Waals surface area contributed by atoms with Crippen molar-refractivity contribution >= 4 is 11.9 Å². The first-order valence-corrected chi connectivity index (χ1v) is 5.86. The Morgan fingerprint density at radius 3 is 2.38 bits per heavy atom. The molecule has 0 heterocycles. The molecule has 0 spiro atoms. The minimum absolute atomic E-state index is 0.0176. The zero-order chi connectivity index (χ0) is 12.1. The van der Waals surface area contributed by atoms with Gasteiger partial charge in [-0.2, -0.15) is 0 Å². The van der Waals surface area contributed by atoms with Crippen molar-refractivity contribution < 1.29 is 9.59 Å². The van der Waals surface area contributed by atoms with Crippen molar-refractivity contribution in [2.45, 2.75) is 51.6 Å². The molecule has 1 aliphatic carbocycles. The van der Waals surface area contributed by atoms with Crippen LogP contribution in [0.15, 0.2) is 0 Å². The Labute approximate surface area is 96.4 Å². The third-order valence-corrected chi connectivity index (χ3v) is 2.89. The van der Waals surface area contributed by atoms with Crippen LogP contribution in [0, 0.1) is 0 Å². The first-order chi connectivity index (χ1) is 7.50. The Balaban J connectivity index is 2.49. The zero-order valence-corrected chi connectivity index (χ0v) is 10.0.